The fourth-order valence-electron chi connectivity index (χ4n) is 2.56. The van der Waals surface area contributed by atoms with Gasteiger partial charge in [0.25, 0.3) is 5.91 Å². The molecule has 1 N–H and O–H groups in total. The van der Waals surface area contributed by atoms with E-state index >= 15 is 0 Å². The molecule has 136 valence electrons. The number of fused-ring (bicyclic) bond motifs is 1. The number of rotatable bonds is 7. The minimum atomic E-state index is -0.284. The molecule has 2 aromatic heterocycles. The lowest BCUT2D eigenvalue weighted by molar-refractivity contribution is -0.140. The quantitative estimate of drug-likeness (QED) is 0.509. The second-order valence-corrected chi connectivity index (χ2v) is 6.37. The van der Waals surface area contributed by atoms with Gasteiger partial charge in [-0.1, -0.05) is 12.1 Å². The Morgan fingerprint density at radius 1 is 1.27 bits per heavy atom. The average Bonchev–Trinajstić information content (AvgIpc) is 3.25. The molecule has 1 amide bonds. The van der Waals surface area contributed by atoms with Crippen LogP contribution in [0, 0.1) is 0 Å². The Balaban J connectivity index is 1.75. The number of methoxy groups -OCH3 is 2. The first kappa shape index (κ1) is 17.9. The standard InChI is InChI=1S/C18H19N3O4S/c1-24-15-7-4-3-6-12(15)13-10-21-14(11-26-18(21)20-13)17(23)19-9-5-8-16(22)25-2/h3-4,6-7,10-11H,5,8-9H2,1-2H3,(H,19,23). The van der Waals surface area contributed by atoms with Crippen LogP contribution in [0.1, 0.15) is 23.3 Å². The van der Waals surface area contributed by atoms with Crippen molar-refractivity contribution in [3.8, 4) is 17.0 Å². The van der Waals surface area contributed by atoms with Gasteiger partial charge in [0.15, 0.2) is 4.96 Å². The Bertz CT molecular complexity index is 932. The second kappa shape index (κ2) is 8.01. The van der Waals surface area contributed by atoms with Crippen LogP contribution < -0.4 is 10.1 Å². The number of amides is 1. The van der Waals surface area contributed by atoms with Crippen molar-refractivity contribution in [3.05, 3.63) is 41.5 Å². The number of para-hydroxylation sites is 1. The van der Waals surface area contributed by atoms with Gasteiger partial charge in [0.1, 0.15) is 11.4 Å². The first-order valence-electron chi connectivity index (χ1n) is 8.09. The van der Waals surface area contributed by atoms with Crippen LogP contribution in [0.25, 0.3) is 16.2 Å². The molecule has 0 aliphatic carbocycles. The van der Waals surface area contributed by atoms with Crippen molar-refractivity contribution in [2.24, 2.45) is 0 Å². The predicted octanol–water partition coefficient (Wildman–Crippen LogP) is 2.75. The zero-order chi connectivity index (χ0) is 18.5. The maximum atomic E-state index is 12.4. The third-order valence-electron chi connectivity index (χ3n) is 3.90. The molecule has 0 aliphatic rings. The van der Waals surface area contributed by atoms with Crippen LogP contribution >= 0.6 is 11.3 Å². The van der Waals surface area contributed by atoms with Gasteiger partial charge in [-0.05, 0) is 18.6 Å². The monoisotopic (exact) mass is 373 g/mol. The van der Waals surface area contributed by atoms with E-state index in [0.717, 1.165) is 22.0 Å². The lowest BCUT2D eigenvalue weighted by atomic mass is 10.1. The summed E-state index contributed by atoms with van der Waals surface area (Å²) >= 11 is 1.40. The molecule has 1 aromatic carbocycles. The molecule has 0 saturated heterocycles. The number of hydrogen-bond acceptors (Lipinski definition) is 6. The van der Waals surface area contributed by atoms with Gasteiger partial charge in [0.05, 0.1) is 19.9 Å². The lowest BCUT2D eigenvalue weighted by Crippen LogP contribution is -2.26. The number of hydrogen-bond donors (Lipinski definition) is 1. The highest BCUT2D eigenvalue weighted by atomic mass is 32.1. The van der Waals surface area contributed by atoms with Gasteiger partial charge in [0, 0.05) is 30.1 Å². The van der Waals surface area contributed by atoms with Crippen LogP contribution in [-0.4, -0.2) is 42.0 Å². The van der Waals surface area contributed by atoms with Crippen molar-refractivity contribution >= 4 is 28.2 Å². The number of esters is 1. The molecule has 0 spiro atoms. The highest BCUT2D eigenvalue weighted by Gasteiger charge is 2.16. The largest absolute Gasteiger partial charge is 0.496 e. The van der Waals surface area contributed by atoms with E-state index in [2.05, 4.69) is 15.0 Å². The minimum absolute atomic E-state index is 0.204. The predicted molar refractivity (Wildman–Crippen MR) is 98.6 cm³/mol. The van der Waals surface area contributed by atoms with Gasteiger partial charge >= 0.3 is 5.97 Å². The van der Waals surface area contributed by atoms with Crippen molar-refractivity contribution in [1.29, 1.82) is 0 Å². The summed E-state index contributed by atoms with van der Waals surface area (Å²) < 4.78 is 11.7. The molecule has 7 nitrogen and oxygen atoms in total. The number of thiazole rings is 1. The SMILES string of the molecule is COC(=O)CCCNC(=O)c1csc2nc(-c3ccccc3OC)cn12. The van der Waals surface area contributed by atoms with E-state index in [1.165, 1.54) is 18.4 Å². The van der Waals surface area contributed by atoms with Crippen molar-refractivity contribution in [3.63, 3.8) is 0 Å². The number of nitrogens with zero attached hydrogens (tertiary/aromatic N) is 2. The Kier molecular flexibility index (Phi) is 5.52. The van der Waals surface area contributed by atoms with Crippen LogP contribution in [0.4, 0.5) is 0 Å². The number of benzene rings is 1. The van der Waals surface area contributed by atoms with E-state index < -0.39 is 0 Å². The topological polar surface area (TPSA) is 81.9 Å². The van der Waals surface area contributed by atoms with E-state index in [9.17, 15) is 9.59 Å². The maximum Gasteiger partial charge on any atom is 0.305 e. The fraction of sp³-hybridized carbons (Fsp3) is 0.278. The lowest BCUT2D eigenvalue weighted by Gasteiger charge is -2.05. The van der Waals surface area contributed by atoms with Gasteiger partial charge in [-0.3, -0.25) is 14.0 Å². The molecule has 2 heterocycles. The summed E-state index contributed by atoms with van der Waals surface area (Å²) in [6.07, 6.45) is 2.63. The second-order valence-electron chi connectivity index (χ2n) is 5.54. The van der Waals surface area contributed by atoms with Gasteiger partial charge < -0.3 is 14.8 Å². The molecule has 8 heteroatoms. The summed E-state index contributed by atoms with van der Waals surface area (Å²) in [7, 11) is 2.96. The van der Waals surface area contributed by atoms with Gasteiger partial charge in [-0.2, -0.15) is 0 Å². The fourth-order valence-corrected chi connectivity index (χ4v) is 3.41. The number of carbonyl (C=O) groups excluding carboxylic acids is 2. The van der Waals surface area contributed by atoms with E-state index in [-0.39, 0.29) is 18.3 Å². The summed E-state index contributed by atoms with van der Waals surface area (Å²) in [5.74, 6) is 0.241. The first-order valence-corrected chi connectivity index (χ1v) is 8.97. The summed E-state index contributed by atoms with van der Waals surface area (Å²) in [4.78, 5) is 28.8. The van der Waals surface area contributed by atoms with Crippen LogP contribution in [0.2, 0.25) is 0 Å². The molecule has 26 heavy (non-hydrogen) atoms. The Morgan fingerprint density at radius 3 is 2.85 bits per heavy atom. The normalized spacial score (nSPS) is 10.7. The Labute approximate surface area is 154 Å². The van der Waals surface area contributed by atoms with Crippen molar-refractivity contribution < 1.29 is 19.1 Å². The van der Waals surface area contributed by atoms with Crippen LogP contribution in [-0.2, 0) is 9.53 Å². The Hall–Kier alpha value is -2.87. The molecule has 0 saturated carbocycles. The van der Waals surface area contributed by atoms with Crippen molar-refractivity contribution in [1.82, 2.24) is 14.7 Å². The zero-order valence-corrected chi connectivity index (χ0v) is 15.3. The molecule has 0 aliphatic heterocycles. The first-order chi connectivity index (χ1) is 12.6. The highest BCUT2D eigenvalue weighted by molar-refractivity contribution is 7.15. The highest BCUT2D eigenvalue weighted by Crippen LogP contribution is 2.30. The molecular formula is C18H19N3O4S. The summed E-state index contributed by atoms with van der Waals surface area (Å²) in [6, 6.07) is 7.61. The number of carbonyl (C=O) groups is 2. The molecule has 0 bridgehead atoms. The third kappa shape index (κ3) is 3.70. The number of ether oxygens (including phenoxy) is 2. The molecule has 3 aromatic rings. The Morgan fingerprint density at radius 2 is 2.08 bits per heavy atom. The van der Waals surface area contributed by atoms with E-state index in [0.29, 0.717) is 18.7 Å². The van der Waals surface area contributed by atoms with Crippen LogP contribution in [0.3, 0.4) is 0 Å². The summed E-state index contributed by atoms with van der Waals surface area (Å²) in [5, 5.41) is 4.58. The van der Waals surface area contributed by atoms with Crippen molar-refractivity contribution in [2.75, 3.05) is 20.8 Å². The molecule has 0 fully saturated rings. The number of aromatic nitrogens is 2. The number of imidazole rings is 1. The minimum Gasteiger partial charge on any atom is -0.496 e. The smallest absolute Gasteiger partial charge is 0.305 e. The van der Waals surface area contributed by atoms with Gasteiger partial charge in [-0.25, -0.2) is 4.98 Å². The molecule has 0 radical (unpaired) electrons. The number of nitrogens with one attached hydrogen (secondary N) is 1. The van der Waals surface area contributed by atoms with E-state index in [1.54, 1.807) is 16.9 Å². The maximum absolute atomic E-state index is 12.4. The average molecular weight is 373 g/mol. The molecular weight excluding hydrogens is 354 g/mol. The van der Waals surface area contributed by atoms with E-state index in [1.807, 2.05) is 30.5 Å². The van der Waals surface area contributed by atoms with Crippen LogP contribution in [0.15, 0.2) is 35.8 Å². The van der Waals surface area contributed by atoms with E-state index in [4.69, 9.17) is 4.74 Å². The van der Waals surface area contributed by atoms with Crippen LogP contribution in [0.5, 0.6) is 5.75 Å². The van der Waals surface area contributed by atoms with Gasteiger partial charge in [0.2, 0.25) is 0 Å². The van der Waals surface area contributed by atoms with Crippen molar-refractivity contribution in [2.45, 2.75) is 12.8 Å². The molecule has 0 unspecified atom stereocenters. The molecule has 3 rings (SSSR count). The third-order valence-corrected chi connectivity index (χ3v) is 4.74. The summed E-state index contributed by atoms with van der Waals surface area (Å²) in [5.41, 5.74) is 2.13. The van der Waals surface area contributed by atoms with Gasteiger partial charge in [-0.15, -0.1) is 11.3 Å². The molecule has 0 atom stereocenters. The zero-order valence-electron chi connectivity index (χ0n) is 14.5. The summed E-state index contributed by atoms with van der Waals surface area (Å²) in [6.45, 7) is 0.402.